The zero-order chi connectivity index (χ0) is 20.0. The van der Waals surface area contributed by atoms with E-state index in [1.54, 1.807) is 6.08 Å². The summed E-state index contributed by atoms with van der Waals surface area (Å²) >= 11 is 0. The van der Waals surface area contributed by atoms with Gasteiger partial charge in [0.05, 0.1) is 6.54 Å². The molecule has 3 rings (SSSR count). The summed E-state index contributed by atoms with van der Waals surface area (Å²) in [6.07, 6.45) is 1.61. The second kappa shape index (κ2) is 9.14. The molecule has 148 valence electrons. The summed E-state index contributed by atoms with van der Waals surface area (Å²) in [5.74, 6) is -0.0934. The Kier molecular flexibility index (Phi) is 6.61. The Hall–Kier alpha value is -2.48. The molecule has 1 aliphatic rings. The minimum Gasteiger partial charge on any atom is -0.325 e. The third-order valence-electron chi connectivity index (χ3n) is 4.63. The van der Waals surface area contributed by atoms with Gasteiger partial charge in [0.2, 0.25) is 15.9 Å². The van der Waals surface area contributed by atoms with Gasteiger partial charge in [0.25, 0.3) is 0 Å². The van der Waals surface area contributed by atoms with Crippen LogP contribution in [-0.2, 0) is 14.8 Å². The smallest absolute Gasteiger partial charge is 0.238 e. The van der Waals surface area contributed by atoms with Crippen molar-refractivity contribution in [1.82, 2.24) is 9.21 Å². The van der Waals surface area contributed by atoms with Crippen molar-refractivity contribution in [2.75, 3.05) is 38.0 Å². The number of nitrogens with zero attached hydrogens (tertiary/aromatic N) is 2. The van der Waals surface area contributed by atoms with Gasteiger partial charge in [-0.15, -0.1) is 0 Å². The topological polar surface area (TPSA) is 69.7 Å². The summed E-state index contributed by atoms with van der Waals surface area (Å²) < 4.78 is 26.5. The Balaban J connectivity index is 1.49. The number of hydrogen-bond donors (Lipinski definition) is 1. The van der Waals surface area contributed by atoms with Gasteiger partial charge in [-0.25, -0.2) is 8.42 Å². The van der Waals surface area contributed by atoms with Crippen LogP contribution in [0.2, 0.25) is 0 Å². The van der Waals surface area contributed by atoms with Gasteiger partial charge in [-0.2, -0.15) is 4.31 Å². The third-order valence-corrected chi connectivity index (χ3v) is 6.19. The number of carbonyl (C=O) groups is 1. The molecule has 2 aromatic carbocycles. The molecule has 1 amide bonds. The molecule has 1 fully saturated rings. The van der Waals surface area contributed by atoms with Gasteiger partial charge >= 0.3 is 0 Å². The molecule has 0 aromatic heterocycles. The van der Waals surface area contributed by atoms with Gasteiger partial charge < -0.3 is 5.32 Å². The lowest BCUT2D eigenvalue weighted by Crippen LogP contribution is -2.49. The summed E-state index contributed by atoms with van der Waals surface area (Å²) in [5.41, 5.74) is 2.75. The van der Waals surface area contributed by atoms with E-state index in [2.05, 4.69) is 5.32 Å². The second-order valence-corrected chi connectivity index (χ2v) is 8.67. The fourth-order valence-electron chi connectivity index (χ4n) is 3.00. The number of benzene rings is 2. The number of aryl methyl sites for hydroxylation is 1. The van der Waals surface area contributed by atoms with E-state index >= 15 is 0 Å². The number of amides is 1. The van der Waals surface area contributed by atoms with Crippen LogP contribution in [0, 0.1) is 6.92 Å². The largest absolute Gasteiger partial charge is 0.325 e. The Labute approximate surface area is 166 Å². The summed E-state index contributed by atoms with van der Waals surface area (Å²) in [7, 11) is -3.46. The molecule has 7 heteroatoms. The monoisotopic (exact) mass is 399 g/mol. The second-order valence-electron chi connectivity index (χ2n) is 6.85. The number of piperazine rings is 1. The van der Waals surface area contributed by atoms with Crippen LogP contribution >= 0.6 is 0 Å². The summed E-state index contributed by atoms with van der Waals surface area (Å²) in [4.78, 5) is 14.2. The van der Waals surface area contributed by atoms with E-state index in [1.807, 2.05) is 66.4 Å². The normalized spacial score (nSPS) is 16.3. The molecule has 28 heavy (non-hydrogen) atoms. The van der Waals surface area contributed by atoms with Crippen LogP contribution < -0.4 is 5.32 Å². The summed E-state index contributed by atoms with van der Waals surface area (Å²) in [5, 5.41) is 4.12. The van der Waals surface area contributed by atoms with Crippen LogP contribution in [0.1, 0.15) is 11.1 Å². The maximum absolute atomic E-state index is 12.5. The van der Waals surface area contributed by atoms with Crippen molar-refractivity contribution in [3.63, 3.8) is 0 Å². The Morgan fingerprint density at radius 3 is 2.29 bits per heavy atom. The molecule has 0 unspecified atom stereocenters. The van der Waals surface area contributed by atoms with Crippen molar-refractivity contribution in [2.24, 2.45) is 0 Å². The molecule has 0 aliphatic carbocycles. The molecule has 0 spiro atoms. The Bertz CT molecular complexity index is 917. The van der Waals surface area contributed by atoms with Crippen molar-refractivity contribution in [1.29, 1.82) is 0 Å². The van der Waals surface area contributed by atoms with E-state index in [1.165, 1.54) is 9.71 Å². The Morgan fingerprint density at radius 2 is 1.64 bits per heavy atom. The maximum Gasteiger partial charge on any atom is 0.238 e. The van der Waals surface area contributed by atoms with Gasteiger partial charge in [0.15, 0.2) is 0 Å². The summed E-state index contributed by atoms with van der Waals surface area (Å²) in [6.45, 7) is 4.05. The first-order valence-electron chi connectivity index (χ1n) is 9.24. The highest BCUT2D eigenvalue weighted by Gasteiger charge is 2.25. The minimum absolute atomic E-state index is 0.0934. The first-order chi connectivity index (χ1) is 13.4. The van der Waals surface area contributed by atoms with Gasteiger partial charge in [0, 0.05) is 37.3 Å². The zero-order valence-electron chi connectivity index (χ0n) is 15.9. The SMILES string of the molecule is Cc1ccc(NC(=O)CN2CCN(S(=O)(=O)/C=C/c3ccccc3)CC2)cc1. The van der Waals surface area contributed by atoms with E-state index in [0.717, 1.165) is 16.8 Å². The van der Waals surface area contributed by atoms with E-state index in [9.17, 15) is 13.2 Å². The standard InChI is InChI=1S/C21H25N3O3S/c1-18-7-9-20(10-8-18)22-21(25)17-23-12-14-24(15-13-23)28(26,27)16-11-19-5-3-2-4-6-19/h2-11,16H,12-15,17H2,1H3,(H,22,25)/b16-11+. The van der Waals surface area contributed by atoms with E-state index in [0.29, 0.717) is 26.2 Å². The highest BCUT2D eigenvalue weighted by atomic mass is 32.2. The molecule has 1 saturated heterocycles. The van der Waals surface area contributed by atoms with Crippen LogP contribution in [0.3, 0.4) is 0 Å². The predicted octanol–water partition coefficient (Wildman–Crippen LogP) is 2.55. The van der Waals surface area contributed by atoms with Gasteiger partial charge in [-0.1, -0.05) is 48.0 Å². The fourth-order valence-corrected chi connectivity index (χ4v) is 4.17. The van der Waals surface area contributed by atoms with Crippen molar-refractivity contribution >= 4 is 27.7 Å². The molecule has 0 bridgehead atoms. The lowest BCUT2D eigenvalue weighted by atomic mass is 10.2. The van der Waals surface area contributed by atoms with Crippen LogP contribution in [0.4, 0.5) is 5.69 Å². The van der Waals surface area contributed by atoms with Crippen molar-refractivity contribution < 1.29 is 13.2 Å². The van der Waals surface area contributed by atoms with Crippen molar-refractivity contribution in [3.05, 3.63) is 71.1 Å². The molecule has 0 saturated carbocycles. The number of sulfonamides is 1. The number of rotatable bonds is 6. The molecule has 6 nitrogen and oxygen atoms in total. The number of nitrogens with one attached hydrogen (secondary N) is 1. The number of hydrogen-bond acceptors (Lipinski definition) is 4. The molecule has 0 radical (unpaired) electrons. The molecule has 1 heterocycles. The van der Waals surface area contributed by atoms with Gasteiger partial charge in [-0.3, -0.25) is 9.69 Å². The van der Waals surface area contributed by atoms with Crippen LogP contribution in [0.25, 0.3) is 6.08 Å². The molecular formula is C21H25N3O3S. The van der Waals surface area contributed by atoms with E-state index < -0.39 is 10.0 Å². The van der Waals surface area contributed by atoms with Gasteiger partial charge in [-0.05, 0) is 30.7 Å². The average molecular weight is 400 g/mol. The van der Waals surface area contributed by atoms with Gasteiger partial charge in [0.1, 0.15) is 0 Å². The number of carbonyl (C=O) groups excluding carboxylic acids is 1. The van der Waals surface area contributed by atoms with Crippen molar-refractivity contribution in [3.8, 4) is 0 Å². The molecule has 1 aliphatic heterocycles. The highest BCUT2D eigenvalue weighted by Crippen LogP contribution is 2.12. The molecular weight excluding hydrogens is 374 g/mol. The first kappa shape index (κ1) is 20.3. The quantitative estimate of drug-likeness (QED) is 0.811. The molecule has 1 N–H and O–H groups in total. The number of anilines is 1. The third kappa shape index (κ3) is 5.76. The minimum atomic E-state index is -3.46. The lowest BCUT2D eigenvalue weighted by molar-refractivity contribution is -0.117. The van der Waals surface area contributed by atoms with Crippen LogP contribution in [-0.4, -0.2) is 56.3 Å². The predicted molar refractivity (Wildman–Crippen MR) is 112 cm³/mol. The molecule has 2 aromatic rings. The van der Waals surface area contributed by atoms with E-state index in [-0.39, 0.29) is 12.5 Å². The lowest BCUT2D eigenvalue weighted by Gasteiger charge is -2.32. The first-order valence-corrected chi connectivity index (χ1v) is 10.7. The van der Waals surface area contributed by atoms with Crippen LogP contribution in [0.5, 0.6) is 0 Å². The van der Waals surface area contributed by atoms with Crippen molar-refractivity contribution in [2.45, 2.75) is 6.92 Å². The Morgan fingerprint density at radius 1 is 1.00 bits per heavy atom. The zero-order valence-corrected chi connectivity index (χ0v) is 16.7. The average Bonchev–Trinajstić information content (AvgIpc) is 2.69. The van der Waals surface area contributed by atoms with E-state index in [4.69, 9.17) is 0 Å². The molecule has 0 atom stereocenters. The summed E-state index contributed by atoms with van der Waals surface area (Å²) in [6, 6.07) is 17.0. The maximum atomic E-state index is 12.5. The highest BCUT2D eigenvalue weighted by molar-refractivity contribution is 7.92. The van der Waals surface area contributed by atoms with Crippen LogP contribution in [0.15, 0.2) is 60.0 Å². The fraction of sp³-hybridized carbons (Fsp3) is 0.286.